The molecule has 0 atom stereocenters. The number of hydrogen-bond donors (Lipinski definition) is 0. The molecule has 0 aliphatic heterocycles. The van der Waals surface area contributed by atoms with Crippen molar-refractivity contribution in [3.63, 3.8) is 0 Å². The normalized spacial score (nSPS) is 12.0. The van der Waals surface area contributed by atoms with Gasteiger partial charge in [0.2, 0.25) is 0 Å². The number of para-hydroxylation sites is 4. The first-order valence-electron chi connectivity index (χ1n) is 28.6. The Morgan fingerprint density at radius 1 is 0.238 bits per heavy atom. The molecule has 84 heavy (non-hydrogen) atoms. The van der Waals surface area contributed by atoms with Gasteiger partial charge in [0.25, 0.3) is 0 Å². The summed E-state index contributed by atoms with van der Waals surface area (Å²) in [6, 6.07) is 100. The van der Waals surface area contributed by atoms with Crippen LogP contribution in [-0.4, -0.2) is 29.1 Å². The zero-order valence-corrected chi connectivity index (χ0v) is 45.2. The highest BCUT2D eigenvalue weighted by atomic mass is 15.1. The van der Waals surface area contributed by atoms with Gasteiger partial charge in [-0.2, -0.15) is 0 Å². The van der Waals surface area contributed by atoms with Crippen molar-refractivity contribution in [2.45, 2.75) is 0 Å². The maximum atomic E-state index is 5.78. The monoisotopic (exact) mass is 1070 g/mol. The largest absolute Gasteiger partial charge is 0.292 e. The number of hydrogen-bond acceptors (Lipinski definition) is 4. The first-order chi connectivity index (χ1) is 41.7. The first kappa shape index (κ1) is 46.4. The molecule has 2 aliphatic carbocycles. The lowest BCUT2D eigenvalue weighted by Gasteiger charge is -2.18. The molecule has 0 fully saturated rings. The van der Waals surface area contributed by atoms with Crippen molar-refractivity contribution in [3.8, 4) is 124 Å². The fourth-order valence-electron chi connectivity index (χ4n) is 13.7. The molecule has 16 aromatic rings. The van der Waals surface area contributed by atoms with Crippen LogP contribution in [0.1, 0.15) is 0 Å². The second-order valence-electron chi connectivity index (χ2n) is 22.0. The van der Waals surface area contributed by atoms with Gasteiger partial charge in [0.15, 0.2) is 5.82 Å². The number of nitrogens with zero attached hydrogens (tertiary/aromatic N) is 6. The Balaban J connectivity index is 0.895. The Labute approximate surface area is 483 Å². The van der Waals surface area contributed by atoms with Gasteiger partial charge < -0.3 is 0 Å². The molecule has 0 radical (unpaired) electrons. The molecule has 0 N–H and O–H groups in total. The summed E-state index contributed by atoms with van der Waals surface area (Å²) < 4.78 is 4.52. The van der Waals surface area contributed by atoms with Gasteiger partial charge in [0.05, 0.1) is 33.3 Å². The van der Waals surface area contributed by atoms with Crippen molar-refractivity contribution in [3.05, 3.63) is 279 Å². The molecule has 18 rings (SSSR count). The highest BCUT2D eigenvalue weighted by Gasteiger charge is 2.27. The molecule has 6 nitrogen and oxygen atoms in total. The number of benzene rings is 13. The van der Waals surface area contributed by atoms with Crippen LogP contribution in [0.2, 0.25) is 0 Å². The second kappa shape index (κ2) is 18.1. The van der Waals surface area contributed by atoms with Crippen molar-refractivity contribution < 1.29 is 0 Å². The van der Waals surface area contributed by atoms with Crippen molar-refractivity contribution in [2.75, 3.05) is 0 Å². The van der Waals surface area contributed by atoms with Gasteiger partial charge in [0.1, 0.15) is 11.6 Å². The summed E-state index contributed by atoms with van der Waals surface area (Å²) in [5, 5.41) is 5.92. The van der Waals surface area contributed by atoms with Crippen LogP contribution in [0.15, 0.2) is 279 Å². The van der Waals surface area contributed by atoms with E-state index in [1.165, 1.54) is 66.1 Å². The van der Waals surface area contributed by atoms with Crippen molar-refractivity contribution in [1.29, 1.82) is 0 Å². The van der Waals surface area contributed by atoms with E-state index in [-0.39, 0.29) is 0 Å². The molecule has 0 unspecified atom stereocenters. The Morgan fingerprint density at radius 2 is 0.667 bits per heavy atom. The number of fused-ring (bicyclic) bond motifs is 9. The smallest absolute Gasteiger partial charge is 0.160 e. The van der Waals surface area contributed by atoms with Crippen LogP contribution in [0.4, 0.5) is 0 Å². The van der Waals surface area contributed by atoms with E-state index in [4.69, 9.17) is 19.9 Å². The molecule has 13 aromatic carbocycles. The fraction of sp³-hybridized carbons (Fsp3) is 0. The van der Waals surface area contributed by atoms with E-state index in [2.05, 4.69) is 276 Å². The minimum atomic E-state index is 0.634. The zero-order valence-electron chi connectivity index (χ0n) is 45.2. The lowest BCUT2D eigenvalue weighted by molar-refractivity contribution is 1.10. The molecule has 0 saturated heterocycles. The van der Waals surface area contributed by atoms with Crippen LogP contribution in [0.3, 0.4) is 0 Å². The highest BCUT2D eigenvalue weighted by Crippen LogP contribution is 2.53. The maximum absolute atomic E-state index is 5.78. The van der Waals surface area contributed by atoms with Crippen LogP contribution in [0.5, 0.6) is 0 Å². The Hall–Kier alpha value is -11.3. The SMILES string of the molecule is c1ccc(-c2nc3ccccc3n2-c2ccc(-c3nc(-c4ccc(-n5c(-c6ccccc6)nc6ccccc65)cc4)c4cc(-c5ccc6c7c(cccc57)-c5ccccc5-6)cc(-c5ccc6c7c(cccc57)-c5ccccc5-6)c4n3)cc2)cc1. The quantitative estimate of drug-likeness (QED) is 0.152. The molecule has 0 bridgehead atoms. The molecule has 0 spiro atoms. The van der Waals surface area contributed by atoms with Gasteiger partial charge in [-0.3, -0.25) is 9.13 Å². The number of rotatable bonds is 8. The molecule has 0 saturated carbocycles. The van der Waals surface area contributed by atoms with Crippen LogP contribution < -0.4 is 0 Å². The lowest BCUT2D eigenvalue weighted by atomic mass is 9.88. The van der Waals surface area contributed by atoms with Crippen molar-refractivity contribution in [2.24, 2.45) is 0 Å². The molecule has 3 aromatic heterocycles. The van der Waals surface area contributed by atoms with E-state index in [1.54, 1.807) is 0 Å². The van der Waals surface area contributed by atoms with E-state index in [0.29, 0.717) is 5.82 Å². The predicted octanol–water partition coefficient (Wildman–Crippen LogP) is 19.9. The summed E-state index contributed by atoms with van der Waals surface area (Å²) in [6.45, 7) is 0. The van der Waals surface area contributed by atoms with Crippen molar-refractivity contribution >= 4 is 54.5 Å². The van der Waals surface area contributed by atoms with Gasteiger partial charge in [-0.15, -0.1) is 0 Å². The van der Waals surface area contributed by atoms with E-state index in [1.807, 2.05) is 12.1 Å². The maximum Gasteiger partial charge on any atom is 0.160 e. The topological polar surface area (TPSA) is 61.4 Å². The van der Waals surface area contributed by atoms with E-state index in [0.717, 1.165) is 106 Å². The Kier molecular flexibility index (Phi) is 9.99. The molecule has 6 heteroatoms. The minimum Gasteiger partial charge on any atom is -0.292 e. The molecular weight excluding hydrogens is 1020 g/mol. The molecule has 0 amide bonds. The average Bonchev–Trinajstić information content (AvgIpc) is 1.98. The standard InChI is InChI=1S/C78H46N6/c1-3-17-49(18-4-1)77-79-68-29-11-13-31-70(68)83(77)52-37-33-47(34-38-52)74-67-46-51(54-41-43-64-57-23-9-7-21-55(57)61-26-15-25-60(54)72(61)64)45-66(59-42-44-65-58-24-10-8-22-56(58)62-27-16-28-63(59)73(62)65)75(67)82-76(81-74)48-35-39-53(40-36-48)84-71-32-14-12-30-69(71)80-78(84)50-19-5-2-6-20-50/h1-46H. The third-order valence-corrected chi connectivity index (χ3v) is 17.5. The number of aromatic nitrogens is 6. The zero-order chi connectivity index (χ0) is 55.0. The summed E-state index contributed by atoms with van der Waals surface area (Å²) in [5.41, 5.74) is 26.2. The second-order valence-corrected chi connectivity index (χ2v) is 22.0. The summed E-state index contributed by atoms with van der Waals surface area (Å²) >= 11 is 0. The molecule has 2 aliphatic rings. The summed E-state index contributed by atoms with van der Waals surface area (Å²) in [6.07, 6.45) is 0. The van der Waals surface area contributed by atoms with Gasteiger partial charge in [0, 0.05) is 44.6 Å². The van der Waals surface area contributed by atoms with Crippen molar-refractivity contribution in [1.82, 2.24) is 29.1 Å². The Bertz CT molecular complexity index is 5350. The van der Waals surface area contributed by atoms with Crippen LogP contribution in [0, 0.1) is 0 Å². The third kappa shape index (κ3) is 6.92. The number of imidazole rings is 2. The van der Waals surface area contributed by atoms with Crippen LogP contribution in [0.25, 0.3) is 178 Å². The predicted molar refractivity (Wildman–Crippen MR) is 345 cm³/mol. The highest BCUT2D eigenvalue weighted by molar-refractivity contribution is 6.22. The van der Waals surface area contributed by atoms with Gasteiger partial charge >= 0.3 is 0 Å². The summed E-state index contributed by atoms with van der Waals surface area (Å²) in [7, 11) is 0. The molecular formula is C78H46N6. The van der Waals surface area contributed by atoms with E-state index >= 15 is 0 Å². The van der Waals surface area contributed by atoms with Gasteiger partial charge in [-0.25, -0.2) is 19.9 Å². The summed E-state index contributed by atoms with van der Waals surface area (Å²) in [5.74, 6) is 2.41. The first-order valence-corrected chi connectivity index (χ1v) is 28.6. The summed E-state index contributed by atoms with van der Waals surface area (Å²) in [4.78, 5) is 21.9. The fourth-order valence-corrected chi connectivity index (χ4v) is 13.7. The van der Waals surface area contributed by atoms with Crippen LogP contribution >= 0.6 is 0 Å². The van der Waals surface area contributed by atoms with Gasteiger partial charge in [-0.05, 0) is 156 Å². The van der Waals surface area contributed by atoms with E-state index < -0.39 is 0 Å². The van der Waals surface area contributed by atoms with E-state index in [9.17, 15) is 0 Å². The molecule has 3 heterocycles. The Morgan fingerprint density at radius 3 is 1.20 bits per heavy atom. The van der Waals surface area contributed by atoms with Crippen LogP contribution in [-0.2, 0) is 0 Å². The average molecular weight is 1070 g/mol. The molecule has 388 valence electrons. The third-order valence-electron chi connectivity index (χ3n) is 17.5. The van der Waals surface area contributed by atoms with Gasteiger partial charge in [-0.1, -0.05) is 206 Å². The minimum absolute atomic E-state index is 0.634. The lowest BCUT2D eigenvalue weighted by Crippen LogP contribution is -2.00.